The summed E-state index contributed by atoms with van der Waals surface area (Å²) in [6, 6.07) is 0. The van der Waals surface area contributed by atoms with Crippen LogP contribution in [-0.4, -0.2) is 92.2 Å². The average molecular weight is 820 g/mol. The largest absolute Gasteiger partial charge is 0.356 e. The fourth-order valence-electron chi connectivity index (χ4n) is 7.93. The van der Waals surface area contributed by atoms with Gasteiger partial charge in [0.25, 0.3) is 11.8 Å². The number of nitrogens with one attached hydrogen (secondary N) is 4. The van der Waals surface area contributed by atoms with Crippen molar-refractivity contribution in [2.24, 2.45) is 0 Å². The van der Waals surface area contributed by atoms with E-state index in [0.29, 0.717) is 58.1 Å². The number of rotatable bonds is 39. The maximum absolute atomic E-state index is 13.1. The second kappa shape index (κ2) is 34.2. The molecule has 2 unspecified atom stereocenters. The van der Waals surface area contributed by atoms with Crippen LogP contribution in [-0.2, 0) is 33.4 Å². The molecule has 2 heterocycles. The Labute approximate surface area is 352 Å². The Morgan fingerprint density at radius 2 is 0.759 bits per heavy atom. The number of ether oxygens (including phenoxy) is 2. The molecule has 2 aliphatic heterocycles. The van der Waals surface area contributed by atoms with Crippen LogP contribution >= 0.6 is 0 Å². The number of aldehydes is 1. The summed E-state index contributed by atoms with van der Waals surface area (Å²) in [5.41, 5.74) is -1.22. The lowest BCUT2D eigenvalue weighted by Gasteiger charge is -2.29. The average Bonchev–Trinajstić information content (AvgIpc) is 3.79. The van der Waals surface area contributed by atoms with Crippen LogP contribution in [0.4, 0.5) is 0 Å². The van der Waals surface area contributed by atoms with E-state index in [1.807, 2.05) is 0 Å². The van der Waals surface area contributed by atoms with Gasteiger partial charge in [0.2, 0.25) is 11.8 Å². The maximum Gasteiger partial charge on any atom is 0.264 e. The number of nitrogens with zero attached hydrogens (tertiary/aromatic N) is 1. The van der Waals surface area contributed by atoms with Crippen molar-refractivity contribution in [2.45, 2.75) is 224 Å². The molecule has 0 saturated carbocycles. The Hall–Kier alpha value is -2.57. The van der Waals surface area contributed by atoms with Crippen LogP contribution in [0, 0.1) is 0 Å². The summed E-state index contributed by atoms with van der Waals surface area (Å²) in [5, 5.41) is 11.5. The van der Waals surface area contributed by atoms with E-state index in [0.717, 1.165) is 25.7 Å². The second-order valence-electron chi connectivity index (χ2n) is 16.9. The Balaban J connectivity index is 1.50. The lowest BCUT2D eigenvalue weighted by Crippen LogP contribution is -2.58. The highest BCUT2D eigenvalue weighted by Crippen LogP contribution is 2.35. The third-order valence-corrected chi connectivity index (χ3v) is 11.6. The van der Waals surface area contributed by atoms with Crippen molar-refractivity contribution in [1.82, 2.24) is 26.2 Å². The summed E-state index contributed by atoms with van der Waals surface area (Å²) in [4.78, 5) is 64.4. The summed E-state index contributed by atoms with van der Waals surface area (Å²) in [7, 11) is 0. The summed E-state index contributed by atoms with van der Waals surface area (Å²) in [6.45, 7) is 5.90. The molecule has 12 heteroatoms. The molecule has 4 N–H and O–H groups in total. The van der Waals surface area contributed by atoms with Gasteiger partial charge in [-0.1, -0.05) is 168 Å². The first kappa shape index (κ1) is 51.6. The molecule has 2 saturated heterocycles. The Morgan fingerprint density at radius 1 is 0.466 bits per heavy atom. The highest BCUT2D eigenvalue weighted by atomic mass is 16.6. The zero-order valence-electron chi connectivity index (χ0n) is 37.0. The topological polar surface area (TPSA) is 155 Å². The molecule has 336 valence electrons. The Morgan fingerprint density at radius 3 is 1.07 bits per heavy atom. The molecule has 0 aromatic heterocycles. The molecule has 58 heavy (non-hydrogen) atoms. The molecule has 4 amide bonds. The molecule has 2 aliphatic rings. The minimum atomic E-state index is -1.22. The summed E-state index contributed by atoms with van der Waals surface area (Å²) in [5.74, 6) is -0.868. The monoisotopic (exact) mass is 820 g/mol. The fourth-order valence-corrected chi connectivity index (χ4v) is 7.93. The number of fused-ring (bicyclic) bond motifs is 1. The first-order chi connectivity index (χ1) is 28.4. The Bertz CT molecular complexity index is 1030. The summed E-state index contributed by atoms with van der Waals surface area (Å²) < 4.78 is 11.5. The minimum Gasteiger partial charge on any atom is -0.356 e. The van der Waals surface area contributed by atoms with Crippen LogP contribution < -0.4 is 21.3 Å². The predicted octanol–water partition coefficient (Wildman–Crippen LogP) is 8.15. The van der Waals surface area contributed by atoms with Gasteiger partial charge in [-0.05, 0) is 25.7 Å². The summed E-state index contributed by atoms with van der Waals surface area (Å²) in [6.07, 6.45) is 33.5. The van der Waals surface area contributed by atoms with Crippen LogP contribution in [0.25, 0.3) is 0 Å². The molecule has 0 spiro atoms. The van der Waals surface area contributed by atoms with E-state index in [4.69, 9.17) is 9.47 Å². The zero-order valence-corrected chi connectivity index (χ0v) is 37.0. The number of amides is 4. The van der Waals surface area contributed by atoms with Crippen LogP contribution in [0.5, 0.6) is 0 Å². The molecular weight excluding hydrogens is 735 g/mol. The quantitative estimate of drug-likeness (QED) is 0.0358. The van der Waals surface area contributed by atoms with E-state index in [1.165, 1.54) is 146 Å². The third-order valence-electron chi connectivity index (χ3n) is 11.6. The molecular formula is C46H85N5O7. The SMILES string of the molecule is CCCCCCCCCCCCCCCC(=O)NCCCNC(=O)C1OCC2(C=O)COC(C(=O)NCCCNC(=O)CCCCCCCCCCCCCCC)N12. The van der Waals surface area contributed by atoms with Crippen LogP contribution in [0.3, 0.4) is 0 Å². The number of unbranched alkanes of at least 4 members (excludes halogenated alkanes) is 24. The van der Waals surface area contributed by atoms with Crippen molar-refractivity contribution in [1.29, 1.82) is 0 Å². The highest BCUT2D eigenvalue weighted by Gasteiger charge is 2.60. The molecule has 2 atom stereocenters. The molecule has 0 aromatic rings. The van der Waals surface area contributed by atoms with Crippen LogP contribution in [0.2, 0.25) is 0 Å². The van der Waals surface area contributed by atoms with Crippen molar-refractivity contribution in [2.75, 3.05) is 39.4 Å². The van der Waals surface area contributed by atoms with Crippen molar-refractivity contribution < 1.29 is 33.4 Å². The first-order valence-electron chi connectivity index (χ1n) is 23.9. The molecule has 12 nitrogen and oxygen atoms in total. The van der Waals surface area contributed by atoms with Gasteiger partial charge in [-0.25, -0.2) is 4.90 Å². The highest BCUT2D eigenvalue weighted by molar-refractivity contribution is 5.86. The molecule has 0 aliphatic carbocycles. The number of carbonyl (C=O) groups excluding carboxylic acids is 5. The van der Waals surface area contributed by atoms with Gasteiger partial charge in [-0.2, -0.15) is 0 Å². The number of hydrogen-bond acceptors (Lipinski definition) is 8. The maximum atomic E-state index is 13.1. The molecule has 0 radical (unpaired) electrons. The normalized spacial score (nSPS) is 18.9. The van der Waals surface area contributed by atoms with Crippen molar-refractivity contribution in [3.63, 3.8) is 0 Å². The fraction of sp³-hybridized carbons (Fsp3) is 0.891. The molecule has 0 aromatic carbocycles. The molecule has 0 bridgehead atoms. The van der Waals surface area contributed by atoms with E-state index in [9.17, 15) is 24.0 Å². The van der Waals surface area contributed by atoms with E-state index < -0.39 is 29.8 Å². The van der Waals surface area contributed by atoms with Gasteiger partial charge in [-0.3, -0.25) is 19.2 Å². The van der Waals surface area contributed by atoms with E-state index in [2.05, 4.69) is 35.1 Å². The number of hydrogen-bond donors (Lipinski definition) is 4. The Kier molecular flexibility index (Phi) is 30.4. The van der Waals surface area contributed by atoms with Gasteiger partial charge < -0.3 is 35.5 Å². The van der Waals surface area contributed by atoms with Crippen molar-refractivity contribution >= 4 is 29.9 Å². The molecule has 2 rings (SSSR count). The third kappa shape index (κ3) is 22.7. The van der Waals surface area contributed by atoms with Gasteiger partial charge in [0.05, 0.1) is 13.2 Å². The smallest absolute Gasteiger partial charge is 0.264 e. The standard InChI is InChI=1S/C46H85N5O7/c1-3-5-7-9-11-13-15-17-19-21-23-25-27-31-40(53)47-33-29-35-49-42(55)44-51-45(58-39-46(51,37-52)38-57-44)43(56)50-36-30-34-48-41(54)32-28-26-24-22-20-18-16-14-12-10-8-6-4-2/h37,44-45H,3-36,38-39H2,1-2H3,(H,47,53)(H,48,54)(H,49,55)(H,50,56). The predicted molar refractivity (Wildman–Crippen MR) is 232 cm³/mol. The minimum absolute atomic E-state index is 0.0276. The van der Waals surface area contributed by atoms with Gasteiger partial charge in [-0.15, -0.1) is 0 Å². The van der Waals surface area contributed by atoms with Gasteiger partial charge in [0, 0.05) is 39.0 Å². The lowest BCUT2D eigenvalue weighted by atomic mass is 10.0. The zero-order chi connectivity index (χ0) is 41.9. The van der Waals surface area contributed by atoms with Crippen molar-refractivity contribution in [3.8, 4) is 0 Å². The molecule has 2 fully saturated rings. The van der Waals surface area contributed by atoms with E-state index >= 15 is 0 Å². The first-order valence-corrected chi connectivity index (χ1v) is 23.9. The second-order valence-corrected chi connectivity index (χ2v) is 16.9. The van der Waals surface area contributed by atoms with E-state index in [-0.39, 0.29) is 25.0 Å². The van der Waals surface area contributed by atoms with Crippen LogP contribution in [0.15, 0.2) is 0 Å². The van der Waals surface area contributed by atoms with Crippen molar-refractivity contribution in [3.05, 3.63) is 0 Å². The van der Waals surface area contributed by atoms with Crippen LogP contribution in [0.1, 0.15) is 206 Å². The van der Waals surface area contributed by atoms with Gasteiger partial charge in [0.1, 0.15) is 11.8 Å². The van der Waals surface area contributed by atoms with E-state index in [1.54, 1.807) is 0 Å². The summed E-state index contributed by atoms with van der Waals surface area (Å²) >= 11 is 0. The lowest BCUT2D eigenvalue weighted by molar-refractivity contribution is -0.152. The number of carbonyl (C=O) groups is 5. The van der Waals surface area contributed by atoms with Gasteiger partial charge >= 0.3 is 0 Å². The van der Waals surface area contributed by atoms with Gasteiger partial charge in [0.15, 0.2) is 12.5 Å².